The normalized spacial score (nSPS) is 19.2. The Morgan fingerprint density at radius 3 is 2.56 bits per heavy atom. The molecule has 2 rings (SSSR count). The third kappa shape index (κ3) is 4.67. The Labute approximate surface area is 160 Å². The number of nitrogens with zero attached hydrogens (tertiary/aromatic N) is 3. The summed E-state index contributed by atoms with van der Waals surface area (Å²) in [5.74, 6) is -0.341. The average Bonchev–Trinajstić information content (AvgIpc) is 3.29. The number of carbonyl (C=O) groups is 3. The second kappa shape index (κ2) is 9.53. The molecule has 0 bridgehead atoms. The van der Waals surface area contributed by atoms with Crippen LogP contribution in [0.25, 0.3) is 0 Å². The summed E-state index contributed by atoms with van der Waals surface area (Å²) in [6, 6.07) is -0.781. The van der Waals surface area contributed by atoms with Gasteiger partial charge in [-0.2, -0.15) is 5.10 Å². The fraction of sp³-hybridized carbons (Fsp3) is 0.684. The number of amides is 3. The molecule has 0 aliphatic carbocycles. The van der Waals surface area contributed by atoms with Gasteiger partial charge in [0.25, 0.3) is 5.91 Å². The van der Waals surface area contributed by atoms with Crippen molar-refractivity contribution in [1.29, 1.82) is 0 Å². The number of carbonyl (C=O) groups excluding carboxylic acids is 3. The summed E-state index contributed by atoms with van der Waals surface area (Å²) in [4.78, 5) is 41.3. The molecule has 0 unspecified atom stereocenters. The van der Waals surface area contributed by atoms with E-state index in [1.807, 2.05) is 20.8 Å². The van der Waals surface area contributed by atoms with Crippen molar-refractivity contribution in [3.05, 3.63) is 17.5 Å². The zero-order valence-electron chi connectivity index (χ0n) is 16.7. The fourth-order valence-corrected chi connectivity index (χ4v) is 3.57. The van der Waals surface area contributed by atoms with Gasteiger partial charge in [0, 0.05) is 37.8 Å². The molecule has 0 radical (unpaired) electrons. The topological polar surface area (TPSA) is 98.4 Å². The minimum Gasteiger partial charge on any atom is -0.352 e. The summed E-state index contributed by atoms with van der Waals surface area (Å²) in [5.41, 5.74) is 1.30. The van der Waals surface area contributed by atoms with E-state index in [0.717, 1.165) is 18.5 Å². The number of likely N-dealkylation sites (N-methyl/N-ethyl adjacent to an activating group) is 1. The molecule has 1 fully saturated rings. The summed E-state index contributed by atoms with van der Waals surface area (Å²) in [5, 5.41) is 9.84. The minimum atomic E-state index is -0.566. The number of aromatic amines is 1. The van der Waals surface area contributed by atoms with E-state index in [4.69, 9.17) is 0 Å². The highest BCUT2D eigenvalue weighted by Gasteiger charge is 2.42. The Morgan fingerprint density at radius 2 is 1.96 bits per heavy atom. The van der Waals surface area contributed by atoms with Crippen molar-refractivity contribution in [3.8, 4) is 0 Å². The van der Waals surface area contributed by atoms with Crippen molar-refractivity contribution >= 4 is 17.7 Å². The van der Waals surface area contributed by atoms with Gasteiger partial charge in [0.2, 0.25) is 11.8 Å². The first-order valence-corrected chi connectivity index (χ1v) is 9.87. The molecule has 0 spiro atoms. The van der Waals surface area contributed by atoms with Crippen molar-refractivity contribution in [2.75, 3.05) is 19.6 Å². The van der Waals surface area contributed by atoms with Gasteiger partial charge in [-0.05, 0) is 26.7 Å². The van der Waals surface area contributed by atoms with Gasteiger partial charge in [-0.15, -0.1) is 0 Å². The van der Waals surface area contributed by atoms with Gasteiger partial charge in [-0.25, -0.2) is 0 Å². The maximum Gasteiger partial charge on any atom is 0.258 e. The number of aromatic nitrogens is 2. The van der Waals surface area contributed by atoms with Crippen LogP contribution in [0.2, 0.25) is 0 Å². The number of rotatable bonds is 8. The third-order valence-electron chi connectivity index (χ3n) is 5.06. The average molecular weight is 377 g/mol. The van der Waals surface area contributed by atoms with E-state index in [9.17, 15) is 14.4 Å². The van der Waals surface area contributed by atoms with Crippen molar-refractivity contribution in [1.82, 2.24) is 25.3 Å². The van der Waals surface area contributed by atoms with Crippen molar-refractivity contribution in [2.24, 2.45) is 0 Å². The molecule has 1 aromatic heterocycles. The second-order valence-corrected chi connectivity index (χ2v) is 6.85. The van der Waals surface area contributed by atoms with E-state index in [1.54, 1.807) is 16.7 Å². The number of likely N-dealkylation sites (tertiary alicyclic amines) is 1. The van der Waals surface area contributed by atoms with Crippen LogP contribution in [0.3, 0.4) is 0 Å². The van der Waals surface area contributed by atoms with Gasteiger partial charge in [0.05, 0.1) is 11.8 Å². The molecule has 0 aromatic carbocycles. The molecule has 1 aliphatic rings. The lowest BCUT2D eigenvalue weighted by atomic mass is 10.1. The maximum absolute atomic E-state index is 13.2. The highest BCUT2D eigenvalue weighted by molar-refractivity contribution is 5.98. The lowest BCUT2D eigenvalue weighted by Crippen LogP contribution is -2.47. The second-order valence-electron chi connectivity index (χ2n) is 6.85. The first kappa shape index (κ1) is 20.9. The van der Waals surface area contributed by atoms with Crippen LogP contribution in [-0.4, -0.2) is 69.4 Å². The monoisotopic (exact) mass is 377 g/mol. The molecule has 8 heteroatoms. The van der Waals surface area contributed by atoms with Crippen LogP contribution in [0.4, 0.5) is 0 Å². The van der Waals surface area contributed by atoms with E-state index >= 15 is 0 Å². The largest absolute Gasteiger partial charge is 0.352 e. The van der Waals surface area contributed by atoms with Gasteiger partial charge < -0.3 is 15.1 Å². The number of hydrogen-bond acceptors (Lipinski definition) is 4. The van der Waals surface area contributed by atoms with Crippen LogP contribution in [0.15, 0.2) is 6.20 Å². The van der Waals surface area contributed by atoms with E-state index in [0.29, 0.717) is 38.0 Å². The summed E-state index contributed by atoms with van der Waals surface area (Å²) < 4.78 is 0. The molecule has 0 saturated carbocycles. The number of H-pyrrole nitrogens is 1. The Hall–Kier alpha value is -2.38. The van der Waals surface area contributed by atoms with Gasteiger partial charge in [0.15, 0.2) is 0 Å². The summed E-state index contributed by atoms with van der Waals surface area (Å²) in [7, 11) is 0. The molecule has 1 aromatic rings. The molecule has 150 valence electrons. The molecule has 2 atom stereocenters. The smallest absolute Gasteiger partial charge is 0.258 e. The Kier molecular flexibility index (Phi) is 7.38. The van der Waals surface area contributed by atoms with Crippen molar-refractivity contribution < 1.29 is 14.4 Å². The van der Waals surface area contributed by atoms with Crippen molar-refractivity contribution in [3.63, 3.8) is 0 Å². The van der Waals surface area contributed by atoms with Crippen LogP contribution in [0.5, 0.6) is 0 Å². The molecule has 3 amide bonds. The SMILES string of the molecule is CCCc1[nH]ncc1C(=O)N1C[C@H](NC(=O)CC)C[C@H]1C(=O)N(CC)CC. The Bertz CT molecular complexity index is 668. The van der Waals surface area contributed by atoms with E-state index in [1.165, 1.54) is 6.20 Å². The van der Waals surface area contributed by atoms with Gasteiger partial charge in [0.1, 0.15) is 6.04 Å². The zero-order chi connectivity index (χ0) is 20.0. The zero-order valence-corrected chi connectivity index (χ0v) is 16.7. The van der Waals surface area contributed by atoms with Crippen molar-refractivity contribution in [2.45, 2.75) is 65.5 Å². The van der Waals surface area contributed by atoms with Crippen LogP contribution in [0, 0.1) is 0 Å². The van der Waals surface area contributed by atoms with Gasteiger partial charge in [-0.3, -0.25) is 19.5 Å². The minimum absolute atomic E-state index is 0.0675. The molecule has 1 aliphatic heterocycles. The molecule has 2 N–H and O–H groups in total. The van der Waals surface area contributed by atoms with E-state index < -0.39 is 6.04 Å². The standard InChI is InChI=1S/C19H31N5O3/c1-5-9-15-14(11-20-22-15)18(26)24-12-13(21-17(25)6-2)10-16(24)19(27)23(7-3)8-4/h11,13,16H,5-10,12H2,1-4H3,(H,20,22)(H,21,25)/t13-,16+/m1/s1. The molecule has 2 heterocycles. The van der Waals surface area contributed by atoms with Gasteiger partial charge in [-0.1, -0.05) is 20.3 Å². The number of hydrogen-bond donors (Lipinski definition) is 2. The summed E-state index contributed by atoms with van der Waals surface area (Å²) in [6.07, 6.45) is 3.96. The lowest BCUT2D eigenvalue weighted by molar-refractivity contribution is -0.135. The third-order valence-corrected chi connectivity index (χ3v) is 5.06. The highest BCUT2D eigenvalue weighted by atomic mass is 16.2. The Morgan fingerprint density at radius 1 is 1.26 bits per heavy atom. The molecular weight excluding hydrogens is 346 g/mol. The fourth-order valence-electron chi connectivity index (χ4n) is 3.57. The molecule has 1 saturated heterocycles. The summed E-state index contributed by atoms with van der Waals surface area (Å²) in [6.45, 7) is 9.18. The van der Waals surface area contributed by atoms with Crippen LogP contribution >= 0.6 is 0 Å². The number of nitrogens with one attached hydrogen (secondary N) is 2. The predicted molar refractivity (Wildman–Crippen MR) is 102 cm³/mol. The van der Waals surface area contributed by atoms with Gasteiger partial charge >= 0.3 is 0 Å². The molecular formula is C19H31N5O3. The maximum atomic E-state index is 13.2. The van der Waals surface area contributed by atoms with Crippen LogP contribution in [0.1, 0.15) is 63.0 Å². The predicted octanol–water partition coefficient (Wildman–Crippen LogP) is 1.34. The van der Waals surface area contributed by atoms with Crippen LogP contribution in [-0.2, 0) is 16.0 Å². The lowest BCUT2D eigenvalue weighted by Gasteiger charge is -2.28. The van der Waals surface area contributed by atoms with E-state index in [2.05, 4.69) is 15.5 Å². The Balaban J connectivity index is 2.27. The highest BCUT2D eigenvalue weighted by Crippen LogP contribution is 2.24. The van der Waals surface area contributed by atoms with Crippen LogP contribution < -0.4 is 5.32 Å². The quantitative estimate of drug-likeness (QED) is 0.714. The number of aryl methyl sites for hydroxylation is 1. The first-order chi connectivity index (χ1) is 13.0. The van der Waals surface area contributed by atoms with E-state index in [-0.39, 0.29) is 23.8 Å². The molecule has 27 heavy (non-hydrogen) atoms. The molecule has 8 nitrogen and oxygen atoms in total. The summed E-state index contributed by atoms with van der Waals surface area (Å²) >= 11 is 0. The first-order valence-electron chi connectivity index (χ1n) is 9.87.